The van der Waals surface area contributed by atoms with Crippen LogP contribution < -0.4 is 5.56 Å². The molecule has 0 aliphatic rings. The molecule has 0 saturated heterocycles. The maximum absolute atomic E-state index is 12.5. The number of hydrogen-bond donors (Lipinski definition) is 1. The summed E-state index contributed by atoms with van der Waals surface area (Å²) in [7, 11) is 0. The van der Waals surface area contributed by atoms with Gasteiger partial charge in [0.15, 0.2) is 5.65 Å². The van der Waals surface area contributed by atoms with E-state index in [1.165, 1.54) is 10.6 Å². The molecule has 134 valence electrons. The van der Waals surface area contributed by atoms with Crippen molar-refractivity contribution in [3.8, 4) is 22.7 Å². The van der Waals surface area contributed by atoms with E-state index in [1.807, 2.05) is 36.0 Å². The molecule has 0 radical (unpaired) electrons. The van der Waals surface area contributed by atoms with Crippen molar-refractivity contribution in [3.05, 3.63) is 52.9 Å². The van der Waals surface area contributed by atoms with Crippen molar-refractivity contribution in [1.82, 2.24) is 34.6 Å². The van der Waals surface area contributed by atoms with Gasteiger partial charge in [-0.05, 0) is 24.6 Å². The molecule has 0 amide bonds. The highest BCUT2D eigenvalue weighted by Crippen LogP contribution is 2.25. The fourth-order valence-electron chi connectivity index (χ4n) is 3.21. The molecule has 1 aromatic carbocycles. The van der Waals surface area contributed by atoms with E-state index in [0.717, 1.165) is 23.0 Å². The summed E-state index contributed by atoms with van der Waals surface area (Å²) in [6.07, 6.45) is 3.36. The first-order valence-electron chi connectivity index (χ1n) is 8.51. The summed E-state index contributed by atoms with van der Waals surface area (Å²) in [6, 6.07) is 7.49. The molecule has 0 bridgehead atoms. The predicted octanol–water partition coefficient (Wildman–Crippen LogP) is 2.42. The van der Waals surface area contributed by atoms with Crippen LogP contribution in [0.25, 0.3) is 39.3 Å². The number of H-pyrrole nitrogens is 1. The van der Waals surface area contributed by atoms with Crippen molar-refractivity contribution in [2.45, 2.75) is 20.4 Å². The lowest BCUT2D eigenvalue weighted by atomic mass is 10.1. The lowest BCUT2D eigenvalue weighted by molar-refractivity contribution is 0.533. The van der Waals surface area contributed by atoms with E-state index in [1.54, 1.807) is 13.1 Å². The van der Waals surface area contributed by atoms with Crippen molar-refractivity contribution in [1.29, 1.82) is 0 Å². The fourth-order valence-corrected chi connectivity index (χ4v) is 3.21. The number of fused-ring (bicyclic) bond motifs is 2. The van der Waals surface area contributed by atoms with Crippen LogP contribution >= 0.6 is 0 Å². The number of rotatable bonds is 3. The zero-order valence-electron chi connectivity index (χ0n) is 14.7. The molecular formula is C18H15N7O2. The summed E-state index contributed by atoms with van der Waals surface area (Å²) in [5.41, 5.74) is 3.45. The van der Waals surface area contributed by atoms with E-state index in [9.17, 15) is 4.79 Å². The summed E-state index contributed by atoms with van der Waals surface area (Å²) >= 11 is 0. The maximum Gasteiger partial charge on any atom is 0.274 e. The number of aromatic amines is 1. The number of hydrogen-bond acceptors (Lipinski definition) is 6. The Kier molecular flexibility index (Phi) is 3.23. The van der Waals surface area contributed by atoms with Gasteiger partial charge < -0.3 is 9.40 Å². The van der Waals surface area contributed by atoms with Gasteiger partial charge in [0.05, 0.1) is 23.6 Å². The van der Waals surface area contributed by atoms with Crippen LogP contribution in [0, 0.1) is 6.92 Å². The van der Waals surface area contributed by atoms with Gasteiger partial charge in [0.2, 0.25) is 5.89 Å². The largest absolute Gasteiger partial charge is 0.421 e. The number of aromatic nitrogens is 7. The molecule has 0 saturated carbocycles. The summed E-state index contributed by atoms with van der Waals surface area (Å²) in [6.45, 7) is 4.56. The first-order chi connectivity index (χ1) is 13.1. The Hall–Kier alpha value is -3.75. The molecule has 4 aromatic heterocycles. The quantitative estimate of drug-likeness (QED) is 0.529. The average Bonchev–Trinajstić information content (AvgIpc) is 3.38. The van der Waals surface area contributed by atoms with Gasteiger partial charge in [-0.2, -0.15) is 14.7 Å². The summed E-state index contributed by atoms with van der Waals surface area (Å²) in [5.74, 6) is 0.760. The number of benzene rings is 1. The average molecular weight is 361 g/mol. The minimum Gasteiger partial charge on any atom is -0.421 e. The highest BCUT2D eigenvalue weighted by molar-refractivity contribution is 5.84. The standard InChI is InChI=1S/C18H15N7O2/c1-3-24-15-5-4-11(6-12(15)8-19-24)14-7-16(26)25-17(21-14)13(9-20-25)18-23-22-10(2)27-18/h4-9,21H,3H2,1-2H3. The van der Waals surface area contributed by atoms with Crippen LogP contribution in [0.5, 0.6) is 0 Å². The van der Waals surface area contributed by atoms with Crippen molar-refractivity contribution in [3.63, 3.8) is 0 Å². The van der Waals surface area contributed by atoms with Crippen molar-refractivity contribution >= 4 is 16.6 Å². The maximum atomic E-state index is 12.5. The first-order valence-corrected chi connectivity index (χ1v) is 8.51. The van der Waals surface area contributed by atoms with Gasteiger partial charge in [-0.25, -0.2) is 0 Å². The van der Waals surface area contributed by atoms with Gasteiger partial charge in [0.25, 0.3) is 11.4 Å². The molecule has 0 spiro atoms. The summed E-state index contributed by atoms with van der Waals surface area (Å²) < 4.78 is 8.70. The topological polar surface area (TPSA) is 107 Å². The molecule has 0 fully saturated rings. The summed E-state index contributed by atoms with van der Waals surface area (Å²) in [4.78, 5) is 15.8. The monoisotopic (exact) mass is 361 g/mol. The van der Waals surface area contributed by atoms with Crippen molar-refractivity contribution < 1.29 is 4.42 Å². The Morgan fingerprint density at radius 2 is 2.04 bits per heavy atom. The van der Waals surface area contributed by atoms with Gasteiger partial charge in [-0.3, -0.25) is 9.48 Å². The molecular weight excluding hydrogens is 346 g/mol. The highest BCUT2D eigenvalue weighted by Gasteiger charge is 2.16. The molecule has 9 nitrogen and oxygen atoms in total. The second-order valence-corrected chi connectivity index (χ2v) is 6.20. The predicted molar refractivity (Wildman–Crippen MR) is 98.2 cm³/mol. The molecule has 9 heteroatoms. The number of nitrogens with one attached hydrogen (secondary N) is 1. The Balaban J connectivity index is 1.70. The zero-order chi connectivity index (χ0) is 18.5. The molecule has 1 N–H and O–H groups in total. The van der Waals surface area contributed by atoms with E-state index in [4.69, 9.17) is 4.42 Å². The van der Waals surface area contributed by atoms with E-state index in [-0.39, 0.29) is 5.56 Å². The SMILES string of the molecule is CCn1ncc2cc(-c3cc(=O)n4ncc(-c5nnc(C)o5)c4[nH]3)ccc21. The van der Waals surface area contributed by atoms with Crippen LogP contribution in [0.4, 0.5) is 0 Å². The molecule has 0 unspecified atom stereocenters. The molecule has 0 atom stereocenters. The van der Waals surface area contributed by atoms with E-state index >= 15 is 0 Å². The summed E-state index contributed by atoms with van der Waals surface area (Å²) in [5, 5.41) is 17.4. The smallest absolute Gasteiger partial charge is 0.274 e. The Bertz CT molecular complexity index is 1360. The molecule has 0 aliphatic carbocycles. The number of aryl methyl sites for hydroxylation is 2. The first kappa shape index (κ1) is 15.5. The van der Waals surface area contributed by atoms with Gasteiger partial charge in [0, 0.05) is 24.9 Å². The van der Waals surface area contributed by atoms with Gasteiger partial charge in [-0.15, -0.1) is 10.2 Å². The second kappa shape index (κ2) is 5.63. The van der Waals surface area contributed by atoms with E-state index in [0.29, 0.717) is 28.7 Å². The molecule has 27 heavy (non-hydrogen) atoms. The second-order valence-electron chi connectivity index (χ2n) is 6.20. The van der Waals surface area contributed by atoms with Gasteiger partial charge in [0.1, 0.15) is 5.56 Å². The third-order valence-corrected chi connectivity index (χ3v) is 4.51. The third kappa shape index (κ3) is 2.35. The van der Waals surface area contributed by atoms with Crippen LogP contribution in [-0.4, -0.2) is 34.6 Å². The van der Waals surface area contributed by atoms with E-state index < -0.39 is 0 Å². The molecule has 0 aliphatic heterocycles. The minimum absolute atomic E-state index is 0.245. The number of nitrogens with zero attached hydrogens (tertiary/aromatic N) is 6. The normalized spacial score (nSPS) is 11.6. The van der Waals surface area contributed by atoms with Crippen LogP contribution in [0.2, 0.25) is 0 Å². The van der Waals surface area contributed by atoms with Crippen LogP contribution in [0.3, 0.4) is 0 Å². The van der Waals surface area contributed by atoms with E-state index in [2.05, 4.69) is 25.4 Å². The minimum atomic E-state index is -0.245. The zero-order valence-corrected chi connectivity index (χ0v) is 14.7. The van der Waals surface area contributed by atoms with Crippen molar-refractivity contribution in [2.75, 3.05) is 0 Å². The van der Waals surface area contributed by atoms with Gasteiger partial charge in [-0.1, -0.05) is 6.07 Å². The molecule has 4 heterocycles. The lowest BCUT2D eigenvalue weighted by Crippen LogP contribution is -2.14. The third-order valence-electron chi connectivity index (χ3n) is 4.51. The van der Waals surface area contributed by atoms with Gasteiger partial charge >= 0.3 is 0 Å². The molecule has 5 rings (SSSR count). The van der Waals surface area contributed by atoms with Crippen molar-refractivity contribution in [2.24, 2.45) is 0 Å². The Morgan fingerprint density at radius 1 is 1.15 bits per heavy atom. The fraction of sp³-hybridized carbons (Fsp3) is 0.167. The van der Waals surface area contributed by atoms with Crippen LogP contribution in [0.1, 0.15) is 12.8 Å². The van der Waals surface area contributed by atoms with Crippen LogP contribution in [0.15, 0.2) is 45.9 Å². The highest BCUT2D eigenvalue weighted by atomic mass is 16.4. The van der Waals surface area contributed by atoms with Crippen LogP contribution in [-0.2, 0) is 6.54 Å². The molecule has 5 aromatic rings. The lowest BCUT2D eigenvalue weighted by Gasteiger charge is -2.05. The Labute approximate surface area is 152 Å². The Morgan fingerprint density at radius 3 is 2.81 bits per heavy atom.